The van der Waals surface area contributed by atoms with Crippen LogP contribution in [0.4, 0.5) is 0 Å². The Morgan fingerprint density at radius 3 is 2.13 bits per heavy atom. The SMILES string of the molecule is C[Si](C)(C)c1ccc(-c2[c-]cccc2)nc1.[2H]C([2H])([2H])c1ccc2cc3oc4c(-c5nc6ccccc6n5-c5c(C(C)C)cc(-c6ccccc6)cc5C(C)C)[c-]ccc4c3nc2n1.[Ir]. The number of fused-ring (bicyclic) bond motifs is 5. The number of nitrogens with zero attached hydrogens (tertiary/aromatic N) is 5. The van der Waals surface area contributed by atoms with Gasteiger partial charge in [-0.05, 0) is 99.7 Å². The van der Waals surface area contributed by atoms with Gasteiger partial charge in [0.25, 0.3) is 0 Å². The van der Waals surface area contributed by atoms with Crippen LogP contribution in [-0.4, -0.2) is 32.6 Å². The van der Waals surface area contributed by atoms with Gasteiger partial charge in [0.2, 0.25) is 0 Å². The van der Waals surface area contributed by atoms with Crippen molar-refractivity contribution in [1.82, 2.24) is 24.5 Å². The van der Waals surface area contributed by atoms with Crippen LogP contribution in [-0.2, 0) is 20.1 Å². The van der Waals surface area contributed by atoms with Crippen LogP contribution in [0.1, 0.15) is 60.5 Å². The van der Waals surface area contributed by atoms with E-state index in [9.17, 15) is 0 Å². The van der Waals surface area contributed by atoms with Gasteiger partial charge >= 0.3 is 0 Å². The summed E-state index contributed by atoms with van der Waals surface area (Å²) >= 11 is 0. The Labute approximate surface area is 382 Å². The predicted octanol–water partition coefficient (Wildman–Crippen LogP) is 13.6. The summed E-state index contributed by atoms with van der Waals surface area (Å²) < 4.78 is 32.3. The van der Waals surface area contributed by atoms with Gasteiger partial charge in [-0.3, -0.25) is 4.98 Å². The van der Waals surface area contributed by atoms with Crippen LogP contribution in [0.5, 0.6) is 0 Å². The van der Waals surface area contributed by atoms with Gasteiger partial charge in [0.1, 0.15) is 5.58 Å². The van der Waals surface area contributed by atoms with Gasteiger partial charge in [0.15, 0.2) is 5.65 Å². The quantitative estimate of drug-likeness (QED) is 0.118. The molecule has 0 aliphatic heterocycles. The summed E-state index contributed by atoms with van der Waals surface area (Å²) in [6, 6.07) is 51.2. The standard InChI is InChI=1S/C40H33N4O.C14H16NSi.Ir/c1-23(2)31-20-28(26-12-7-6-8-13-26)21-32(24(3)4)37(31)44-34-17-10-9-16-33(34)42-40(44)30-15-11-14-29-36-35(45-38(29)30)22-27-19-18-25(5)41-39(27)43-36;1-16(2,3)13-9-10-14(15-11-13)12-7-5-4-6-8-12;/h6-14,16-24H,1-5H3;4-7,9-11H,1-3H3;/q2*-1;/i5D3;;. The number of imidazole rings is 1. The van der Waals surface area contributed by atoms with Crippen LogP contribution < -0.4 is 5.19 Å². The molecule has 5 aromatic carbocycles. The molecule has 10 rings (SSSR count). The average molecular weight is 1010 g/mol. The molecular weight excluding hydrogens is 955 g/mol. The normalized spacial score (nSPS) is 12.6. The van der Waals surface area contributed by atoms with Crippen molar-refractivity contribution in [3.05, 3.63) is 169 Å². The number of hydrogen-bond acceptors (Lipinski definition) is 5. The van der Waals surface area contributed by atoms with E-state index >= 15 is 0 Å². The largest absolute Gasteiger partial charge is 0.499 e. The van der Waals surface area contributed by atoms with Crippen molar-refractivity contribution < 1.29 is 28.6 Å². The van der Waals surface area contributed by atoms with Crippen LogP contribution in [0.15, 0.2) is 144 Å². The molecule has 5 heterocycles. The van der Waals surface area contributed by atoms with Crippen LogP contribution in [0.3, 0.4) is 0 Å². The van der Waals surface area contributed by atoms with E-state index in [-0.39, 0.29) is 37.6 Å². The number of hydrogen-bond donors (Lipinski definition) is 0. The minimum atomic E-state index is -2.33. The molecule has 62 heavy (non-hydrogen) atoms. The molecule has 6 nitrogen and oxygen atoms in total. The number of para-hydroxylation sites is 2. The first kappa shape index (κ1) is 38.8. The molecule has 8 heteroatoms. The minimum Gasteiger partial charge on any atom is -0.499 e. The van der Waals surface area contributed by atoms with Crippen molar-refractivity contribution in [3.63, 3.8) is 0 Å². The topological polar surface area (TPSA) is 69.6 Å². The maximum atomic E-state index is 7.82. The second-order valence-corrected chi connectivity index (χ2v) is 22.2. The molecule has 311 valence electrons. The molecule has 0 aliphatic rings. The zero-order chi connectivity index (χ0) is 44.9. The fourth-order valence-corrected chi connectivity index (χ4v) is 8.98. The molecule has 0 aliphatic carbocycles. The van der Waals surface area contributed by atoms with Gasteiger partial charge in [0, 0.05) is 47.2 Å². The van der Waals surface area contributed by atoms with Crippen LogP contribution in [0.2, 0.25) is 19.6 Å². The van der Waals surface area contributed by atoms with Crippen molar-refractivity contribution in [3.8, 4) is 39.5 Å². The molecule has 5 aromatic heterocycles. The third-order valence-corrected chi connectivity index (χ3v) is 13.2. The fraction of sp³-hybridized carbons (Fsp3) is 0.185. The molecule has 1 radical (unpaired) electrons. The summed E-state index contributed by atoms with van der Waals surface area (Å²) in [6.45, 7) is 13.6. The van der Waals surface area contributed by atoms with Crippen molar-refractivity contribution >= 4 is 57.4 Å². The molecule has 0 fully saturated rings. The molecular formula is C54H49IrN5OSi-2. The Bertz CT molecular complexity index is 3270. The van der Waals surface area contributed by atoms with Crippen LogP contribution in [0, 0.1) is 19.0 Å². The smallest absolute Gasteiger partial charge is 0.160 e. The van der Waals surface area contributed by atoms with Gasteiger partial charge in [-0.15, -0.1) is 54.1 Å². The number of rotatable bonds is 7. The van der Waals surface area contributed by atoms with Gasteiger partial charge < -0.3 is 14.0 Å². The first-order valence-electron chi connectivity index (χ1n) is 22.4. The number of pyridine rings is 3. The van der Waals surface area contributed by atoms with Crippen molar-refractivity contribution in [2.45, 2.75) is 66.0 Å². The van der Waals surface area contributed by atoms with Gasteiger partial charge in [-0.2, -0.15) is 0 Å². The van der Waals surface area contributed by atoms with Crippen molar-refractivity contribution in [2.24, 2.45) is 0 Å². The average Bonchev–Trinajstić information content (AvgIpc) is 3.86. The Balaban J connectivity index is 0.000000287. The molecule has 0 spiro atoms. The summed E-state index contributed by atoms with van der Waals surface area (Å²) in [5.41, 5.74) is 12.8. The molecule has 0 saturated carbocycles. The van der Waals surface area contributed by atoms with Crippen molar-refractivity contribution in [1.29, 1.82) is 0 Å². The summed E-state index contributed by atoms with van der Waals surface area (Å²) in [6.07, 6.45) is 2.02. The maximum absolute atomic E-state index is 7.82. The first-order valence-corrected chi connectivity index (χ1v) is 24.4. The second-order valence-electron chi connectivity index (χ2n) is 17.2. The Hall–Kier alpha value is -6.05. The van der Waals surface area contributed by atoms with Gasteiger partial charge in [-0.25, -0.2) is 9.97 Å². The van der Waals surface area contributed by atoms with E-state index in [4.69, 9.17) is 18.5 Å². The van der Waals surface area contributed by atoms with E-state index in [0.717, 1.165) is 44.8 Å². The molecule has 0 unspecified atom stereocenters. The van der Waals surface area contributed by atoms with E-state index in [1.54, 1.807) is 6.07 Å². The summed E-state index contributed by atoms with van der Waals surface area (Å²) in [5, 5.41) is 2.88. The summed E-state index contributed by atoms with van der Waals surface area (Å²) in [7, 11) is -1.23. The molecule has 0 atom stereocenters. The molecule has 0 N–H and O–H groups in total. The second kappa shape index (κ2) is 17.4. The molecule has 0 bridgehead atoms. The molecule has 0 amide bonds. The monoisotopic (exact) mass is 1010 g/mol. The van der Waals surface area contributed by atoms with E-state index in [1.165, 1.54) is 33.5 Å². The van der Waals surface area contributed by atoms with Gasteiger partial charge in [0.05, 0.1) is 36.0 Å². The van der Waals surface area contributed by atoms with E-state index in [1.807, 2.05) is 72.9 Å². The molecule has 0 saturated heterocycles. The number of aryl methyl sites for hydroxylation is 1. The van der Waals surface area contributed by atoms with Crippen LogP contribution >= 0.6 is 0 Å². The predicted molar refractivity (Wildman–Crippen MR) is 256 cm³/mol. The van der Waals surface area contributed by atoms with Crippen molar-refractivity contribution in [2.75, 3.05) is 0 Å². The van der Waals surface area contributed by atoms with E-state index in [2.05, 4.69) is 129 Å². The zero-order valence-electron chi connectivity index (χ0n) is 38.9. The Kier molecular flexibility index (Phi) is 10.9. The van der Waals surface area contributed by atoms with Gasteiger partial charge in [-0.1, -0.05) is 107 Å². The maximum Gasteiger partial charge on any atom is 0.160 e. The molecule has 10 aromatic rings. The minimum absolute atomic E-state index is 0. The third kappa shape index (κ3) is 8.18. The van der Waals surface area contributed by atoms with E-state index < -0.39 is 14.9 Å². The summed E-state index contributed by atoms with van der Waals surface area (Å²) in [4.78, 5) is 19.0. The number of aromatic nitrogens is 5. The Morgan fingerprint density at radius 1 is 0.710 bits per heavy atom. The van der Waals surface area contributed by atoms with Crippen LogP contribution in [0.25, 0.3) is 83.6 Å². The zero-order valence-corrected chi connectivity index (χ0v) is 39.3. The summed E-state index contributed by atoms with van der Waals surface area (Å²) in [5.74, 6) is 1.18. The fourth-order valence-electron chi connectivity index (χ4n) is 7.94. The Morgan fingerprint density at radius 2 is 1.45 bits per heavy atom. The van der Waals surface area contributed by atoms with E-state index in [0.29, 0.717) is 27.7 Å². The number of benzene rings is 5. The number of furan rings is 1. The first-order chi connectivity index (χ1) is 30.7. The third-order valence-electron chi connectivity index (χ3n) is 11.2.